The van der Waals surface area contributed by atoms with Gasteiger partial charge in [-0.15, -0.1) is 0 Å². The van der Waals surface area contributed by atoms with Crippen LogP contribution < -0.4 is 5.32 Å². The Balaban J connectivity index is 1.61. The normalized spacial score (nSPS) is 22.7. The van der Waals surface area contributed by atoms with Crippen LogP contribution in [0.15, 0.2) is 12.4 Å². The molecule has 2 fully saturated rings. The van der Waals surface area contributed by atoms with E-state index in [1.807, 2.05) is 7.05 Å². The molecule has 2 aliphatic rings. The summed E-state index contributed by atoms with van der Waals surface area (Å²) in [7, 11) is 1.88. The average molecular weight is 288 g/mol. The maximum atomic E-state index is 12.4. The van der Waals surface area contributed by atoms with Crippen LogP contribution in [0.4, 0.5) is 5.82 Å². The molecule has 1 saturated heterocycles. The van der Waals surface area contributed by atoms with E-state index in [4.69, 9.17) is 0 Å². The molecular weight excluding hydrogens is 264 g/mol. The fourth-order valence-corrected chi connectivity index (χ4v) is 3.34. The molecule has 1 amide bonds. The molecule has 1 aromatic heterocycles. The van der Waals surface area contributed by atoms with Crippen LogP contribution in [0.25, 0.3) is 0 Å². The van der Waals surface area contributed by atoms with Crippen LogP contribution in [0, 0.1) is 11.8 Å². The van der Waals surface area contributed by atoms with Gasteiger partial charge in [-0.1, -0.05) is 6.42 Å². The van der Waals surface area contributed by atoms with Gasteiger partial charge in [0.15, 0.2) is 0 Å². The average Bonchev–Trinajstić information content (AvgIpc) is 2.46. The van der Waals surface area contributed by atoms with E-state index in [9.17, 15) is 4.79 Å². The topological polar surface area (TPSA) is 58.1 Å². The molecule has 1 N–H and O–H groups in total. The minimum Gasteiger partial charge on any atom is -0.372 e. The fraction of sp³-hybridized carbons (Fsp3) is 0.688. The van der Waals surface area contributed by atoms with Crippen molar-refractivity contribution in [2.75, 3.05) is 25.5 Å². The van der Waals surface area contributed by atoms with E-state index in [2.05, 4.69) is 20.2 Å². The molecule has 1 aliphatic carbocycles. The van der Waals surface area contributed by atoms with Crippen molar-refractivity contribution in [2.45, 2.75) is 38.5 Å². The maximum Gasteiger partial charge on any atom is 0.225 e. The third kappa shape index (κ3) is 3.17. The minimum atomic E-state index is 0.313. The molecule has 1 aromatic rings. The second-order valence-corrected chi connectivity index (χ2v) is 6.23. The summed E-state index contributed by atoms with van der Waals surface area (Å²) in [6.45, 7) is 1.82. The lowest BCUT2D eigenvalue weighted by atomic mass is 9.83. The lowest BCUT2D eigenvalue weighted by molar-refractivity contribution is -0.140. The highest BCUT2D eigenvalue weighted by molar-refractivity contribution is 5.79. The van der Waals surface area contributed by atoms with Crippen molar-refractivity contribution in [2.24, 2.45) is 11.8 Å². The highest BCUT2D eigenvalue weighted by Gasteiger charge is 2.32. The van der Waals surface area contributed by atoms with Crippen molar-refractivity contribution >= 4 is 11.7 Å². The summed E-state index contributed by atoms with van der Waals surface area (Å²) in [5, 5.41) is 3.10. The van der Waals surface area contributed by atoms with Crippen LogP contribution in [0.3, 0.4) is 0 Å². The van der Waals surface area contributed by atoms with Gasteiger partial charge in [0.1, 0.15) is 5.82 Å². The summed E-state index contributed by atoms with van der Waals surface area (Å²) in [6, 6.07) is 0. The molecule has 1 aliphatic heterocycles. The number of anilines is 1. The molecule has 21 heavy (non-hydrogen) atoms. The first-order chi connectivity index (χ1) is 10.3. The van der Waals surface area contributed by atoms with Gasteiger partial charge in [0.2, 0.25) is 5.91 Å². The van der Waals surface area contributed by atoms with Gasteiger partial charge in [-0.05, 0) is 38.0 Å². The lowest BCUT2D eigenvalue weighted by Crippen LogP contribution is -2.45. The Labute approximate surface area is 126 Å². The molecular formula is C16H24N4O. The van der Waals surface area contributed by atoms with Gasteiger partial charge < -0.3 is 10.2 Å². The number of nitrogens with one attached hydrogen (secondary N) is 1. The highest BCUT2D eigenvalue weighted by Crippen LogP contribution is 2.30. The first-order valence-corrected chi connectivity index (χ1v) is 8.04. The number of carbonyl (C=O) groups is 1. The van der Waals surface area contributed by atoms with Gasteiger partial charge >= 0.3 is 0 Å². The Morgan fingerprint density at radius 2 is 2.10 bits per heavy atom. The van der Waals surface area contributed by atoms with Crippen LogP contribution in [-0.4, -0.2) is 40.9 Å². The number of rotatable bonds is 4. The number of likely N-dealkylation sites (tertiary alicyclic amines) is 1. The first-order valence-electron chi connectivity index (χ1n) is 8.04. The van der Waals surface area contributed by atoms with E-state index in [0.29, 0.717) is 17.7 Å². The molecule has 1 atom stereocenters. The Morgan fingerprint density at radius 3 is 2.81 bits per heavy atom. The zero-order valence-electron chi connectivity index (χ0n) is 12.7. The van der Waals surface area contributed by atoms with Gasteiger partial charge in [0.05, 0.1) is 5.69 Å². The summed E-state index contributed by atoms with van der Waals surface area (Å²) in [6.07, 6.45) is 10.0. The molecule has 114 valence electrons. The zero-order chi connectivity index (χ0) is 14.7. The van der Waals surface area contributed by atoms with Crippen molar-refractivity contribution in [3.63, 3.8) is 0 Å². The first kappa shape index (κ1) is 14.3. The van der Waals surface area contributed by atoms with Crippen LogP contribution in [0.2, 0.25) is 0 Å². The van der Waals surface area contributed by atoms with E-state index in [1.165, 1.54) is 12.8 Å². The molecule has 1 saturated carbocycles. The Kier molecular flexibility index (Phi) is 4.36. The molecule has 3 rings (SSSR count). The van der Waals surface area contributed by atoms with Crippen molar-refractivity contribution in [1.82, 2.24) is 14.9 Å². The standard InChI is InChI=1S/C16H24N4O/c1-17-15-14(18-7-8-19-15)10-12-4-3-9-20(11-12)16(21)13-5-2-6-13/h7-8,12-13H,2-6,9-11H2,1H3,(H,17,19)/t12-/m1/s1. The van der Waals surface area contributed by atoms with E-state index in [-0.39, 0.29) is 0 Å². The number of hydrogen-bond acceptors (Lipinski definition) is 4. The van der Waals surface area contributed by atoms with E-state index in [0.717, 1.165) is 50.3 Å². The van der Waals surface area contributed by atoms with E-state index in [1.54, 1.807) is 12.4 Å². The van der Waals surface area contributed by atoms with Gasteiger partial charge in [-0.3, -0.25) is 9.78 Å². The van der Waals surface area contributed by atoms with E-state index >= 15 is 0 Å². The Morgan fingerprint density at radius 1 is 1.29 bits per heavy atom. The summed E-state index contributed by atoms with van der Waals surface area (Å²) in [4.78, 5) is 23.2. The van der Waals surface area contributed by atoms with Gasteiger partial charge in [-0.2, -0.15) is 0 Å². The predicted octanol–water partition coefficient (Wildman–Crippen LogP) is 2.10. The largest absolute Gasteiger partial charge is 0.372 e. The number of hydrogen-bond donors (Lipinski definition) is 1. The van der Waals surface area contributed by atoms with Gasteiger partial charge in [0.25, 0.3) is 0 Å². The summed E-state index contributed by atoms with van der Waals surface area (Å²) in [5.74, 6) is 2.07. The fourth-order valence-electron chi connectivity index (χ4n) is 3.34. The van der Waals surface area contributed by atoms with Crippen molar-refractivity contribution in [3.8, 4) is 0 Å². The van der Waals surface area contributed by atoms with Crippen molar-refractivity contribution in [3.05, 3.63) is 18.1 Å². The second-order valence-electron chi connectivity index (χ2n) is 6.23. The molecule has 0 unspecified atom stereocenters. The third-order valence-electron chi connectivity index (χ3n) is 4.78. The monoisotopic (exact) mass is 288 g/mol. The quantitative estimate of drug-likeness (QED) is 0.922. The van der Waals surface area contributed by atoms with Crippen LogP contribution in [-0.2, 0) is 11.2 Å². The van der Waals surface area contributed by atoms with Gasteiger partial charge in [0, 0.05) is 38.4 Å². The number of aromatic nitrogens is 2. The molecule has 5 heteroatoms. The second kappa shape index (κ2) is 6.41. The maximum absolute atomic E-state index is 12.4. The molecule has 0 bridgehead atoms. The number of piperidine rings is 1. The SMILES string of the molecule is CNc1nccnc1C[C@H]1CCCN(C(=O)C2CCC2)C1. The highest BCUT2D eigenvalue weighted by atomic mass is 16.2. The van der Waals surface area contributed by atoms with Crippen molar-refractivity contribution in [1.29, 1.82) is 0 Å². The molecule has 2 heterocycles. The van der Waals surface area contributed by atoms with Crippen molar-refractivity contribution < 1.29 is 4.79 Å². The summed E-state index contributed by atoms with van der Waals surface area (Å²) < 4.78 is 0. The molecule has 0 aromatic carbocycles. The summed E-state index contributed by atoms with van der Waals surface area (Å²) in [5.41, 5.74) is 1.02. The van der Waals surface area contributed by atoms with E-state index < -0.39 is 0 Å². The summed E-state index contributed by atoms with van der Waals surface area (Å²) >= 11 is 0. The number of amides is 1. The predicted molar refractivity (Wildman–Crippen MR) is 81.9 cm³/mol. The smallest absolute Gasteiger partial charge is 0.225 e. The molecule has 0 radical (unpaired) electrons. The van der Waals surface area contributed by atoms with Crippen LogP contribution in [0.5, 0.6) is 0 Å². The molecule has 5 nitrogen and oxygen atoms in total. The number of nitrogens with zero attached hydrogens (tertiary/aromatic N) is 3. The Bertz CT molecular complexity index is 501. The third-order valence-corrected chi connectivity index (χ3v) is 4.78. The van der Waals surface area contributed by atoms with Gasteiger partial charge in [-0.25, -0.2) is 4.98 Å². The minimum absolute atomic E-state index is 0.313. The molecule has 0 spiro atoms. The Hall–Kier alpha value is -1.65. The lowest BCUT2D eigenvalue weighted by Gasteiger charge is -2.37. The van der Waals surface area contributed by atoms with Crippen LogP contribution >= 0.6 is 0 Å². The zero-order valence-corrected chi connectivity index (χ0v) is 12.7. The number of carbonyl (C=O) groups excluding carboxylic acids is 1. The van der Waals surface area contributed by atoms with Crippen LogP contribution in [0.1, 0.15) is 37.8 Å².